The summed E-state index contributed by atoms with van der Waals surface area (Å²) in [5.74, 6) is 1.33. The highest BCUT2D eigenvalue weighted by Gasteiger charge is 2.22. The lowest BCUT2D eigenvalue weighted by atomic mass is 10.1. The van der Waals surface area contributed by atoms with Gasteiger partial charge in [-0.3, -0.25) is 14.9 Å². The fourth-order valence-electron chi connectivity index (χ4n) is 3.89. The Balaban J connectivity index is 1.13. The molecule has 4 rings (SSSR count). The van der Waals surface area contributed by atoms with E-state index in [9.17, 15) is 4.79 Å². The molecule has 2 aromatic heterocycles. The maximum Gasteiger partial charge on any atom is 0.415 e. The van der Waals surface area contributed by atoms with Gasteiger partial charge in [-0.15, -0.1) is 0 Å². The summed E-state index contributed by atoms with van der Waals surface area (Å²) in [5.41, 5.74) is 3.45. The standard InChI is InChI=1S/C27H32N4O3/c1-22-6-9-24(29-20-22)4-3-14-30-15-17-31(18-16-30)27(32)34-25-10-7-23(8-11-25)12-19-33-26-5-2-13-28-21-26/h2,5-11,13,20-21H,3-4,12,14-19H2,1H3. The maximum absolute atomic E-state index is 12.6. The van der Waals surface area contributed by atoms with Gasteiger partial charge in [0.25, 0.3) is 0 Å². The molecule has 1 fully saturated rings. The molecule has 0 unspecified atom stereocenters. The third-order valence-corrected chi connectivity index (χ3v) is 5.93. The smallest absolute Gasteiger partial charge is 0.415 e. The number of hydrogen-bond donors (Lipinski definition) is 0. The number of rotatable bonds is 9. The minimum Gasteiger partial charge on any atom is -0.492 e. The fourth-order valence-corrected chi connectivity index (χ4v) is 3.89. The number of pyridine rings is 2. The van der Waals surface area contributed by atoms with Crippen LogP contribution in [0.1, 0.15) is 23.2 Å². The van der Waals surface area contributed by atoms with E-state index in [1.165, 1.54) is 5.56 Å². The van der Waals surface area contributed by atoms with Gasteiger partial charge < -0.3 is 14.4 Å². The summed E-state index contributed by atoms with van der Waals surface area (Å²) in [5, 5.41) is 0. The van der Waals surface area contributed by atoms with Crippen LogP contribution in [0, 0.1) is 6.92 Å². The van der Waals surface area contributed by atoms with E-state index in [4.69, 9.17) is 9.47 Å². The number of aromatic nitrogens is 2. The van der Waals surface area contributed by atoms with Crippen molar-refractivity contribution in [3.63, 3.8) is 0 Å². The molecule has 0 saturated carbocycles. The molecule has 0 radical (unpaired) electrons. The van der Waals surface area contributed by atoms with Gasteiger partial charge in [0.1, 0.15) is 11.5 Å². The average molecular weight is 461 g/mol. The number of benzene rings is 1. The van der Waals surface area contributed by atoms with Crippen molar-refractivity contribution < 1.29 is 14.3 Å². The van der Waals surface area contributed by atoms with Crippen molar-refractivity contribution in [2.24, 2.45) is 0 Å². The summed E-state index contributed by atoms with van der Waals surface area (Å²) in [7, 11) is 0. The molecule has 0 N–H and O–H groups in total. The molecule has 1 amide bonds. The molecule has 1 aliphatic rings. The highest BCUT2D eigenvalue weighted by atomic mass is 16.6. The second-order valence-electron chi connectivity index (χ2n) is 8.56. The molecule has 1 aliphatic heterocycles. The number of carbonyl (C=O) groups excluding carboxylic acids is 1. The predicted octanol–water partition coefficient (Wildman–Crippen LogP) is 4.16. The van der Waals surface area contributed by atoms with Gasteiger partial charge in [-0.1, -0.05) is 18.2 Å². The maximum atomic E-state index is 12.6. The normalized spacial score (nSPS) is 14.1. The molecular formula is C27H32N4O3. The fraction of sp³-hybridized carbons (Fsp3) is 0.370. The Kier molecular flexibility index (Phi) is 8.46. The highest BCUT2D eigenvalue weighted by molar-refractivity contribution is 5.70. The number of piperazine rings is 1. The van der Waals surface area contributed by atoms with Crippen LogP contribution in [0.5, 0.6) is 11.5 Å². The van der Waals surface area contributed by atoms with Gasteiger partial charge in [0.2, 0.25) is 0 Å². The zero-order valence-corrected chi connectivity index (χ0v) is 19.7. The SMILES string of the molecule is Cc1ccc(CCCN2CCN(C(=O)Oc3ccc(CCOc4cccnc4)cc3)CC2)nc1. The van der Waals surface area contributed by atoms with E-state index in [-0.39, 0.29) is 6.09 Å². The molecule has 178 valence electrons. The predicted molar refractivity (Wildman–Crippen MR) is 131 cm³/mol. The number of amides is 1. The number of ether oxygens (including phenoxy) is 2. The van der Waals surface area contributed by atoms with Crippen molar-refractivity contribution in [2.45, 2.75) is 26.2 Å². The first-order chi connectivity index (χ1) is 16.7. The molecule has 7 heteroatoms. The molecule has 7 nitrogen and oxygen atoms in total. The molecule has 34 heavy (non-hydrogen) atoms. The largest absolute Gasteiger partial charge is 0.492 e. The summed E-state index contributed by atoms with van der Waals surface area (Å²) in [6, 6.07) is 15.6. The van der Waals surface area contributed by atoms with Crippen LogP contribution in [0.3, 0.4) is 0 Å². The number of aryl methyl sites for hydroxylation is 2. The van der Waals surface area contributed by atoms with Crippen molar-refractivity contribution in [1.82, 2.24) is 19.8 Å². The molecule has 3 aromatic rings. The Morgan fingerprint density at radius 1 is 0.941 bits per heavy atom. The van der Waals surface area contributed by atoms with Gasteiger partial charge in [0.05, 0.1) is 12.8 Å². The molecule has 1 saturated heterocycles. The van der Waals surface area contributed by atoms with Gasteiger partial charge in [0.15, 0.2) is 0 Å². The quantitative estimate of drug-likeness (QED) is 0.478. The second-order valence-corrected chi connectivity index (χ2v) is 8.56. The summed E-state index contributed by atoms with van der Waals surface area (Å²) in [4.78, 5) is 25.3. The Labute approximate surface area is 201 Å². The van der Waals surface area contributed by atoms with Crippen molar-refractivity contribution >= 4 is 6.09 Å². The van der Waals surface area contributed by atoms with Crippen molar-refractivity contribution in [3.8, 4) is 11.5 Å². The Morgan fingerprint density at radius 2 is 1.76 bits per heavy atom. The van der Waals surface area contributed by atoms with E-state index in [2.05, 4.69) is 33.9 Å². The third kappa shape index (κ3) is 7.28. The minimum absolute atomic E-state index is 0.281. The second kappa shape index (κ2) is 12.1. The minimum atomic E-state index is -0.281. The van der Waals surface area contributed by atoms with Gasteiger partial charge in [-0.25, -0.2) is 4.79 Å². The van der Waals surface area contributed by atoms with Crippen LogP contribution in [0.15, 0.2) is 67.1 Å². The van der Waals surface area contributed by atoms with Crippen molar-refractivity contribution in [3.05, 3.63) is 83.9 Å². The Bertz CT molecular complexity index is 1020. The lowest BCUT2D eigenvalue weighted by Gasteiger charge is -2.34. The summed E-state index contributed by atoms with van der Waals surface area (Å²) >= 11 is 0. The van der Waals surface area contributed by atoms with Gasteiger partial charge in [-0.2, -0.15) is 0 Å². The Hall–Kier alpha value is -3.45. The van der Waals surface area contributed by atoms with Crippen LogP contribution in [-0.2, 0) is 12.8 Å². The van der Waals surface area contributed by atoms with E-state index in [0.717, 1.165) is 55.9 Å². The summed E-state index contributed by atoms with van der Waals surface area (Å²) in [6.07, 6.45) is 7.88. The van der Waals surface area contributed by atoms with E-state index in [1.54, 1.807) is 17.3 Å². The van der Waals surface area contributed by atoms with Gasteiger partial charge in [-0.05, 0) is 67.8 Å². The van der Waals surface area contributed by atoms with Crippen LogP contribution in [-0.4, -0.2) is 65.2 Å². The molecular weight excluding hydrogens is 428 g/mol. The summed E-state index contributed by atoms with van der Waals surface area (Å²) in [6.45, 7) is 6.74. The van der Waals surface area contributed by atoms with Crippen LogP contribution in [0.4, 0.5) is 4.79 Å². The topological polar surface area (TPSA) is 67.8 Å². The number of carbonyl (C=O) groups is 1. The van der Waals surface area contributed by atoms with Gasteiger partial charge >= 0.3 is 6.09 Å². The highest BCUT2D eigenvalue weighted by Crippen LogP contribution is 2.16. The molecule has 0 aliphatic carbocycles. The third-order valence-electron chi connectivity index (χ3n) is 5.93. The first kappa shape index (κ1) is 23.7. The van der Waals surface area contributed by atoms with Crippen LogP contribution in [0.2, 0.25) is 0 Å². The van der Waals surface area contributed by atoms with E-state index in [0.29, 0.717) is 25.4 Å². The zero-order valence-electron chi connectivity index (χ0n) is 19.7. The van der Waals surface area contributed by atoms with E-state index in [1.807, 2.05) is 42.6 Å². The lowest BCUT2D eigenvalue weighted by molar-refractivity contribution is 0.110. The molecule has 0 spiro atoms. The monoisotopic (exact) mass is 460 g/mol. The number of hydrogen-bond acceptors (Lipinski definition) is 6. The van der Waals surface area contributed by atoms with E-state index >= 15 is 0 Å². The summed E-state index contributed by atoms with van der Waals surface area (Å²) < 4.78 is 11.3. The first-order valence-electron chi connectivity index (χ1n) is 11.9. The van der Waals surface area contributed by atoms with Crippen LogP contribution < -0.4 is 9.47 Å². The molecule has 0 bridgehead atoms. The van der Waals surface area contributed by atoms with Crippen LogP contribution >= 0.6 is 0 Å². The van der Waals surface area contributed by atoms with E-state index < -0.39 is 0 Å². The Morgan fingerprint density at radius 3 is 2.47 bits per heavy atom. The molecule has 1 aromatic carbocycles. The van der Waals surface area contributed by atoms with Crippen molar-refractivity contribution in [2.75, 3.05) is 39.3 Å². The molecule has 3 heterocycles. The first-order valence-corrected chi connectivity index (χ1v) is 11.9. The average Bonchev–Trinajstić information content (AvgIpc) is 2.87. The van der Waals surface area contributed by atoms with Crippen molar-refractivity contribution in [1.29, 1.82) is 0 Å². The molecule has 0 atom stereocenters. The van der Waals surface area contributed by atoms with Gasteiger partial charge in [0, 0.05) is 50.7 Å². The lowest BCUT2D eigenvalue weighted by Crippen LogP contribution is -2.49. The van der Waals surface area contributed by atoms with Crippen LogP contribution in [0.25, 0.3) is 0 Å². The zero-order chi connectivity index (χ0) is 23.6. The number of nitrogens with zero attached hydrogens (tertiary/aromatic N) is 4.